The van der Waals surface area contributed by atoms with Gasteiger partial charge >= 0.3 is 0 Å². The first-order valence-electron chi connectivity index (χ1n) is 12.9. The summed E-state index contributed by atoms with van der Waals surface area (Å²) in [5, 5.41) is 2.97. The van der Waals surface area contributed by atoms with Crippen molar-refractivity contribution in [1.82, 2.24) is 15.1 Å². The van der Waals surface area contributed by atoms with Crippen LogP contribution in [0.3, 0.4) is 0 Å². The van der Waals surface area contributed by atoms with Gasteiger partial charge in [0.2, 0.25) is 11.8 Å². The zero-order chi connectivity index (χ0) is 25.9. The molecule has 9 nitrogen and oxygen atoms in total. The van der Waals surface area contributed by atoms with E-state index in [0.717, 1.165) is 12.8 Å². The Bertz CT molecular complexity index is 943. The summed E-state index contributed by atoms with van der Waals surface area (Å²) in [6, 6.07) is 6.12. The smallest absolute Gasteiger partial charge is 0.256 e. The summed E-state index contributed by atoms with van der Waals surface area (Å²) < 4.78 is 17.1. The monoisotopic (exact) mass is 501 g/mol. The van der Waals surface area contributed by atoms with Gasteiger partial charge in [0.05, 0.1) is 19.8 Å². The molecule has 3 aliphatic heterocycles. The number of nitrogens with zero attached hydrogens (tertiary/aromatic N) is 2. The van der Waals surface area contributed by atoms with Crippen LogP contribution in [0.1, 0.15) is 63.2 Å². The maximum atomic E-state index is 13.8. The molecule has 1 aromatic rings. The number of benzene rings is 1. The number of amides is 3. The average Bonchev–Trinajstić information content (AvgIpc) is 3.50. The van der Waals surface area contributed by atoms with Gasteiger partial charge in [-0.05, 0) is 42.5 Å². The largest absolute Gasteiger partial charge is 0.497 e. The third-order valence-electron chi connectivity index (χ3n) is 7.23. The Labute approximate surface area is 213 Å². The lowest BCUT2D eigenvalue weighted by atomic mass is 9.90. The van der Waals surface area contributed by atoms with E-state index in [4.69, 9.17) is 14.2 Å². The number of rotatable bonds is 6. The summed E-state index contributed by atoms with van der Waals surface area (Å²) in [6.45, 7) is 8.35. The average molecular weight is 502 g/mol. The van der Waals surface area contributed by atoms with E-state index in [-0.39, 0.29) is 35.8 Å². The van der Waals surface area contributed by atoms with Crippen LogP contribution in [0, 0.1) is 5.41 Å². The van der Waals surface area contributed by atoms with Crippen molar-refractivity contribution in [2.24, 2.45) is 5.41 Å². The van der Waals surface area contributed by atoms with Crippen LogP contribution in [0.2, 0.25) is 0 Å². The fourth-order valence-corrected chi connectivity index (χ4v) is 5.25. The lowest BCUT2D eigenvalue weighted by Crippen LogP contribution is -2.60. The molecule has 2 atom stereocenters. The number of carbonyl (C=O) groups excluding carboxylic acids is 3. The Morgan fingerprint density at radius 1 is 1.14 bits per heavy atom. The van der Waals surface area contributed by atoms with Gasteiger partial charge in [-0.2, -0.15) is 0 Å². The molecule has 9 heteroatoms. The number of carbonyl (C=O) groups is 3. The van der Waals surface area contributed by atoms with Crippen LogP contribution in [0.25, 0.3) is 0 Å². The fourth-order valence-electron chi connectivity index (χ4n) is 5.25. The van der Waals surface area contributed by atoms with Gasteiger partial charge in [-0.1, -0.05) is 20.8 Å². The molecule has 0 unspecified atom stereocenters. The molecule has 4 rings (SSSR count). The van der Waals surface area contributed by atoms with E-state index in [9.17, 15) is 14.4 Å². The zero-order valence-corrected chi connectivity index (χ0v) is 21.9. The van der Waals surface area contributed by atoms with Gasteiger partial charge in [0, 0.05) is 51.1 Å². The van der Waals surface area contributed by atoms with E-state index < -0.39 is 11.8 Å². The van der Waals surface area contributed by atoms with E-state index in [2.05, 4.69) is 5.32 Å². The van der Waals surface area contributed by atoms with Crippen LogP contribution in [-0.4, -0.2) is 85.3 Å². The van der Waals surface area contributed by atoms with E-state index in [1.807, 2.05) is 25.7 Å². The Hall–Kier alpha value is -2.65. The van der Waals surface area contributed by atoms with Crippen LogP contribution in [-0.2, 0) is 19.1 Å². The molecule has 1 N–H and O–H groups in total. The summed E-state index contributed by atoms with van der Waals surface area (Å²) in [5.41, 5.74) is -0.566. The molecular weight excluding hydrogens is 462 g/mol. The molecule has 3 amide bonds. The topological polar surface area (TPSA) is 97.4 Å². The normalized spacial score (nSPS) is 23.7. The Kier molecular flexibility index (Phi) is 7.90. The van der Waals surface area contributed by atoms with Crippen molar-refractivity contribution >= 4 is 17.7 Å². The number of methoxy groups -OCH3 is 1. The quantitative estimate of drug-likeness (QED) is 0.644. The van der Waals surface area contributed by atoms with Crippen molar-refractivity contribution in [3.8, 4) is 5.75 Å². The first kappa shape index (κ1) is 26.4. The minimum atomic E-state index is -0.929. The first-order chi connectivity index (χ1) is 17.1. The number of hydrogen-bond acceptors (Lipinski definition) is 6. The Morgan fingerprint density at radius 2 is 1.83 bits per heavy atom. The number of likely N-dealkylation sites (tertiary alicyclic amines) is 1. The fraction of sp³-hybridized carbons (Fsp3) is 0.667. The molecule has 3 saturated heterocycles. The molecule has 0 aliphatic carbocycles. The summed E-state index contributed by atoms with van der Waals surface area (Å²) in [6.07, 6.45) is 3.29. The highest BCUT2D eigenvalue weighted by Gasteiger charge is 2.54. The molecule has 3 fully saturated rings. The summed E-state index contributed by atoms with van der Waals surface area (Å²) >= 11 is 0. The summed E-state index contributed by atoms with van der Waals surface area (Å²) in [4.78, 5) is 43.4. The van der Waals surface area contributed by atoms with Crippen LogP contribution in [0.5, 0.6) is 5.75 Å². The van der Waals surface area contributed by atoms with E-state index in [0.29, 0.717) is 56.8 Å². The summed E-state index contributed by atoms with van der Waals surface area (Å²) in [5.74, 6) is 0.252. The second kappa shape index (κ2) is 10.8. The highest BCUT2D eigenvalue weighted by atomic mass is 16.5. The Balaban J connectivity index is 1.52. The van der Waals surface area contributed by atoms with Gasteiger partial charge < -0.3 is 24.4 Å². The van der Waals surface area contributed by atoms with E-state index in [1.54, 1.807) is 36.3 Å². The third kappa shape index (κ3) is 5.83. The predicted octanol–water partition coefficient (Wildman–Crippen LogP) is 2.59. The van der Waals surface area contributed by atoms with Crippen molar-refractivity contribution in [2.75, 3.05) is 40.0 Å². The van der Waals surface area contributed by atoms with Gasteiger partial charge in [-0.3, -0.25) is 19.3 Å². The zero-order valence-electron chi connectivity index (χ0n) is 21.9. The van der Waals surface area contributed by atoms with Crippen molar-refractivity contribution < 1.29 is 28.6 Å². The van der Waals surface area contributed by atoms with Crippen LogP contribution in [0.4, 0.5) is 0 Å². The van der Waals surface area contributed by atoms with Gasteiger partial charge in [0.1, 0.15) is 17.5 Å². The van der Waals surface area contributed by atoms with Crippen LogP contribution < -0.4 is 10.1 Å². The lowest BCUT2D eigenvalue weighted by Gasteiger charge is -2.45. The number of ether oxygens (including phenoxy) is 3. The standard InChI is InChI=1S/C27H39N3O6/c1-26(2,3)16-23(31)29-13-11-27(12-14-29)30(25(33)19-7-9-20(34-4)10-8-19)22(18-36-27)24(32)28-17-21-6-5-15-35-21/h7-10,21-22H,5-6,11-18H2,1-4H3,(H,28,32)/t21-,22-/m1/s1. The minimum Gasteiger partial charge on any atom is -0.497 e. The number of piperidine rings is 1. The molecule has 0 bridgehead atoms. The number of nitrogens with one attached hydrogen (secondary N) is 1. The van der Waals surface area contributed by atoms with E-state index in [1.165, 1.54) is 0 Å². The van der Waals surface area contributed by atoms with Gasteiger partial charge in [0.25, 0.3) is 5.91 Å². The van der Waals surface area contributed by atoms with E-state index >= 15 is 0 Å². The van der Waals surface area contributed by atoms with Crippen molar-refractivity contribution in [3.05, 3.63) is 29.8 Å². The van der Waals surface area contributed by atoms with Crippen molar-refractivity contribution in [1.29, 1.82) is 0 Å². The van der Waals surface area contributed by atoms with Gasteiger partial charge in [-0.15, -0.1) is 0 Å². The molecule has 1 spiro atoms. The maximum Gasteiger partial charge on any atom is 0.256 e. The SMILES string of the molecule is COc1ccc(C(=O)N2[C@@H](C(=O)NC[C@H]3CCCO3)COC23CCN(C(=O)CC(C)(C)C)CC3)cc1. The minimum absolute atomic E-state index is 0.00744. The molecule has 1 aromatic carbocycles. The lowest BCUT2D eigenvalue weighted by molar-refractivity contribution is -0.145. The molecule has 0 aromatic heterocycles. The molecular formula is C27H39N3O6. The van der Waals surface area contributed by atoms with Crippen molar-refractivity contribution in [3.63, 3.8) is 0 Å². The highest BCUT2D eigenvalue weighted by molar-refractivity contribution is 5.98. The summed E-state index contributed by atoms with van der Waals surface area (Å²) in [7, 11) is 1.57. The maximum absolute atomic E-state index is 13.8. The van der Waals surface area contributed by atoms with Gasteiger partial charge in [0.15, 0.2) is 0 Å². The molecule has 0 radical (unpaired) electrons. The highest BCUT2D eigenvalue weighted by Crippen LogP contribution is 2.39. The van der Waals surface area contributed by atoms with Crippen LogP contribution in [0.15, 0.2) is 24.3 Å². The molecule has 3 heterocycles. The van der Waals surface area contributed by atoms with Crippen molar-refractivity contribution in [2.45, 2.75) is 70.7 Å². The number of hydrogen-bond donors (Lipinski definition) is 1. The Morgan fingerprint density at radius 3 is 2.42 bits per heavy atom. The third-order valence-corrected chi connectivity index (χ3v) is 7.23. The second-order valence-corrected chi connectivity index (χ2v) is 11.2. The first-order valence-corrected chi connectivity index (χ1v) is 12.9. The van der Waals surface area contributed by atoms with Crippen LogP contribution >= 0.6 is 0 Å². The molecule has 198 valence electrons. The predicted molar refractivity (Wildman–Crippen MR) is 134 cm³/mol. The molecule has 36 heavy (non-hydrogen) atoms. The second-order valence-electron chi connectivity index (χ2n) is 11.2. The van der Waals surface area contributed by atoms with Gasteiger partial charge in [-0.25, -0.2) is 0 Å². The molecule has 3 aliphatic rings. The molecule has 0 saturated carbocycles.